The average Bonchev–Trinajstić information content (AvgIpc) is 2.64. The molecule has 0 saturated carbocycles. The van der Waals surface area contributed by atoms with Gasteiger partial charge in [-0.3, -0.25) is 4.90 Å². The van der Waals surface area contributed by atoms with Crippen LogP contribution >= 0.6 is 0 Å². The molecule has 0 radical (unpaired) electrons. The minimum Gasteiger partial charge on any atom is -0.395 e. The van der Waals surface area contributed by atoms with Gasteiger partial charge in [-0.1, -0.05) is 77.6 Å². The van der Waals surface area contributed by atoms with Crippen LogP contribution in [0.15, 0.2) is 0 Å². The van der Waals surface area contributed by atoms with Gasteiger partial charge in [0.25, 0.3) is 0 Å². The third-order valence-electron chi connectivity index (χ3n) is 5.62. The molecule has 0 aliphatic carbocycles. The number of piperidine rings is 1. The van der Waals surface area contributed by atoms with Crippen molar-refractivity contribution in [1.82, 2.24) is 4.90 Å². The van der Waals surface area contributed by atoms with E-state index in [1.807, 2.05) is 0 Å². The zero-order chi connectivity index (χ0) is 19.4. The quantitative estimate of drug-likeness (QED) is 0.296. The van der Waals surface area contributed by atoms with Crippen molar-refractivity contribution in [3.63, 3.8) is 0 Å². The van der Waals surface area contributed by atoms with Gasteiger partial charge in [-0.05, 0) is 6.42 Å². The Kier molecular flexibility index (Phi) is 12.7. The van der Waals surface area contributed by atoms with E-state index in [1.54, 1.807) is 0 Å². The van der Waals surface area contributed by atoms with Crippen LogP contribution in [0.3, 0.4) is 0 Å². The van der Waals surface area contributed by atoms with Crippen LogP contribution in [0.1, 0.15) is 84.0 Å². The van der Waals surface area contributed by atoms with Gasteiger partial charge in [-0.2, -0.15) is 0 Å². The molecule has 156 valence electrons. The summed E-state index contributed by atoms with van der Waals surface area (Å²) < 4.78 is 0. The van der Waals surface area contributed by atoms with Crippen LogP contribution in [-0.2, 0) is 0 Å². The molecular formula is C20H41NO5. The lowest BCUT2D eigenvalue weighted by Gasteiger charge is -2.46. The van der Waals surface area contributed by atoms with Crippen LogP contribution in [0, 0.1) is 0 Å². The lowest BCUT2D eigenvalue weighted by atomic mass is 9.92. The maximum absolute atomic E-state index is 10.1. The molecule has 0 spiro atoms. The highest BCUT2D eigenvalue weighted by molar-refractivity contribution is 4.96. The number of rotatable bonds is 14. The highest BCUT2D eigenvalue weighted by atomic mass is 16.4. The summed E-state index contributed by atoms with van der Waals surface area (Å²) in [7, 11) is 0. The van der Waals surface area contributed by atoms with Gasteiger partial charge in [0.05, 0.1) is 12.6 Å². The van der Waals surface area contributed by atoms with Gasteiger partial charge in [-0.15, -0.1) is 0 Å². The summed E-state index contributed by atoms with van der Waals surface area (Å²) in [6.45, 7) is 2.37. The van der Waals surface area contributed by atoms with E-state index in [0.29, 0.717) is 6.54 Å². The predicted molar refractivity (Wildman–Crippen MR) is 103 cm³/mol. The van der Waals surface area contributed by atoms with Crippen molar-refractivity contribution in [2.75, 3.05) is 13.2 Å². The van der Waals surface area contributed by atoms with Crippen LogP contribution < -0.4 is 0 Å². The van der Waals surface area contributed by atoms with Gasteiger partial charge in [0.15, 0.2) is 0 Å². The fourth-order valence-corrected chi connectivity index (χ4v) is 3.84. The van der Waals surface area contributed by atoms with E-state index in [4.69, 9.17) is 0 Å². The highest BCUT2D eigenvalue weighted by Gasteiger charge is 2.46. The fraction of sp³-hybridized carbons (Fsp3) is 1.00. The third kappa shape index (κ3) is 7.79. The van der Waals surface area contributed by atoms with Crippen molar-refractivity contribution < 1.29 is 25.5 Å². The van der Waals surface area contributed by atoms with E-state index in [1.165, 1.54) is 62.7 Å². The molecule has 1 saturated heterocycles. The van der Waals surface area contributed by atoms with Crippen molar-refractivity contribution in [1.29, 1.82) is 0 Å². The van der Waals surface area contributed by atoms with Crippen LogP contribution in [0.25, 0.3) is 0 Å². The summed E-state index contributed by atoms with van der Waals surface area (Å²) in [6, 6.07) is -0.740. The Morgan fingerprint density at radius 2 is 1.08 bits per heavy atom. The Morgan fingerprint density at radius 3 is 1.54 bits per heavy atom. The van der Waals surface area contributed by atoms with Crippen LogP contribution in [0.2, 0.25) is 0 Å². The second-order valence-electron chi connectivity index (χ2n) is 7.76. The molecule has 5 N–H and O–H groups in total. The van der Waals surface area contributed by atoms with Crippen molar-refractivity contribution in [3.8, 4) is 0 Å². The first-order valence-corrected chi connectivity index (χ1v) is 10.6. The molecule has 6 heteroatoms. The normalized spacial score (nSPS) is 30.0. The molecule has 0 amide bonds. The second-order valence-corrected chi connectivity index (χ2v) is 7.76. The molecule has 1 aliphatic heterocycles. The maximum Gasteiger partial charge on any atom is 0.136 e. The van der Waals surface area contributed by atoms with E-state index in [0.717, 1.165) is 19.3 Å². The number of hydrogen-bond acceptors (Lipinski definition) is 6. The zero-order valence-corrected chi connectivity index (χ0v) is 16.5. The maximum atomic E-state index is 10.1. The van der Waals surface area contributed by atoms with Gasteiger partial charge >= 0.3 is 0 Å². The van der Waals surface area contributed by atoms with E-state index in [9.17, 15) is 25.5 Å². The average molecular weight is 376 g/mol. The molecule has 1 aliphatic rings. The summed E-state index contributed by atoms with van der Waals surface area (Å²) >= 11 is 0. The predicted octanol–water partition coefficient (Wildman–Crippen LogP) is 1.77. The number of aliphatic hydroxyl groups is 5. The van der Waals surface area contributed by atoms with Gasteiger partial charge in [-0.25, -0.2) is 0 Å². The molecule has 0 aromatic rings. The Labute approximate surface area is 158 Å². The summed E-state index contributed by atoms with van der Waals surface area (Å²) in [6.07, 6.45) is 9.50. The highest BCUT2D eigenvalue weighted by Crippen LogP contribution is 2.24. The molecule has 1 rings (SSSR count). The molecular weight excluding hydrogens is 334 g/mol. The van der Waals surface area contributed by atoms with Gasteiger partial charge < -0.3 is 25.5 Å². The smallest absolute Gasteiger partial charge is 0.136 e. The summed E-state index contributed by atoms with van der Waals surface area (Å²) in [5.74, 6) is 0. The molecule has 1 fully saturated rings. The van der Waals surface area contributed by atoms with Crippen molar-refractivity contribution >= 4 is 0 Å². The molecule has 26 heavy (non-hydrogen) atoms. The lowest BCUT2D eigenvalue weighted by molar-refractivity contribution is -0.222. The van der Waals surface area contributed by atoms with Crippen LogP contribution in [0.5, 0.6) is 0 Å². The summed E-state index contributed by atoms with van der Waals surface area (Å²) in [5, 5.41) is 49.0. The minimum atomic E-state index is -1.43. The van der Waals surface area contributed by atoms with E-state index in [-0.39, 0.29) is 6.61 Å². The van der Waals surface area contributed by atoms with Crippen LogP contribution in [-0.4, -0.2) is 74.2 Å². The first-order chi connectivity index (χ1) is 12.5. The topological polar surface area (TPSA) is 104 Å². The monoisotopic (exact) mass is 375 g/mol. The molecule has 0 aromatic heterocycles. The van der Waals surface area contributed by atoms with E-state index in [2.05, 4.69) is 6.92 Å². The number of hydrogen-bond donors (Lipinski definition) is 5. The largest absolute Gasteiger partial charge is 0.395 e. The van der Waals surface area contributed by atoms with Crippen molar-refractivity contribution in [3.05, 3.63) is 0 Å². The number of nitrogens with zero attached hydrogens (tertiary/aromatic N) is 1. The number of likely N-dealkylation sites (tertiary alicyclic amines) is 1. The standard InChI is InChI=1S/C20H41NO5/c1-2-3-4-5-6-7-8-9-10-11-12-13-14-21-16(15-22)17(23)18(24)19(25)20(21)26/h16-20,22-26H,2-15H2,1H3/t16-,17-,18+,19-,20?/m1/s1. The summed E-state index contributed by atoms with van der Waals surface area (Å²) in [5.41, 5.74) is 0. The van der Waals surface area contributed by atoms with Crippen LogP contribution in [0.4, 0.5) is 0 Å². The first kappa shape index (κ1) is 23.8. The van der Waals surface area contributed by atoms with Gasteiger partial charge in [0.1, 0.15) is 24.5 Å². The second kappa shape index (κ2) is 13.9. The fourth-order valence-electron chi connectivity index (χ4n) is 3.84. The Morgan fingerprint density at radius 1 is 0.615 bits per heavy atom. The van der Waals surface area contributed by atoms with Gasteiger partial charge in [0, 0.05) is 6.54 Å². The summed E-state index contributed by atoms with van der Waals surface area (Å²) in [4.78, 5) is 1.51. The van der Waals surface area contributed by atoms with E-state index >= 15 is 0 Å². The molecule has 1 unspecified atom stereocenters. The molecule has 6 nitrogen and oxygen atoms in total. The van der Waals surface area contributed by atoms with Crippen molar-refractivity contribution in [2.45, 2.75) is 115 Å². The molecule has 1 heterocycles. The lowest BCUT2D eigenvalue weighted by Crippen LogP contribution is -2.67. The Hall–Kier alpha value is -0.240. The molecule has 0 aromatic carbocycles. The van der Waals surface area contributed by atoms with Crippen molar-refractivity contribution in [2.24, 2.45) is 0 Å². The minimum absolute atomic E-state index is 0.361. The number of unbranched alkanes of at least 4 members (excludes halogenated alkanes) is 11. The Balaban J connectivity index is 2.09. The number of aliphatic hydroxyl groups excluding tert-OH is 5. The van der Waals surface area contributed by atoms with Gasteiger partial charge in [0.2, 0.25) is 0 Å². The Bertz CT molecular complexity index is 344. The van der Waals surface area contributed by atoms with E-state index < -0.39 is 30.6 Å². The third-order valence-corrected chi connectivity index (χ3v) is 5.62. The SMILES string of the molecule is CCCCCCCCCCCCCCN1C(O)[C@H](O)[C@@H](O)[C@H](O)[C@H]1CO. The zero-order valence-electron chi connectivity index (χ0n) is 16.5. The molecule has 0 bridgehead atoms. The first-order valence-electron chi connectivity index (χ1n) is 10.6. The molecule has 5 atom stereocenters.